The Bertz CT molecular complexity index is 502. The summed E-state index contributed by atoms with van der Waals surface area (Å²) in [7, 11) is 1.83. The monoisotopic (exact) mass is 201 g/mol. The zero-order valence-corrected chi connectivity index (χ0v) is 8.34. The molecule has 0 radical (unpaired) electrons. The lowest BCUT2D eigenvalue weighted by Crippen LogP contribution is -2.12. The third-order valence-electron chi connectivity index (χ3n) is 2.21. The van der Waals surface area contributed by atoms with E-state index in [0.29, 0.717) is 5.56 Å². The first kappa shape index (κ1) is 9.45. The Morgan fingerprint density at radius 1 is 1.40 bits per heavy atom. The number of amides is 1. The predicted molar refractivity (Wildman–Crippen MR) is 57.2 cm³/mol. The standard InChI is InChI=1S/C11H11N3O/c1-14-7-8(6-13-14)9-4-2-3-5-10(9)11(12)15/h2-7H,1H3,(H2,12,15). The molecule has 76 valence electrons. The summed E-state index contributed by atoms with van der Waals surface area (Å²) in [4.78, 5) is 11.2. The van der Waals surface area contributed by atoms with Gasteiger partial charge < -0.3 is 5.73 Å². The van der Waals surface area contributed by atoms with Crippen molar-refractivity contribution in [1.29, 1.82) is 0 Å². The van der Waals surface area contributed by atoms with Crippen LogP contribution >= 0.6 is 0 Å². The number of primary amides is 1. The second-order valence-electron chi connectivity index (χ2n) is 3.31. The number of rotatable bonds is 2. The number of nitrogens with zero attached hydrogens (tertiary/aromatic N) is 2. The van der Waals surface area contributed by atoms with Crippen LogP contribution in [0.1, 0.15) is 10.4 Å². The molecular formula is C11H11N3O. The summed E-state index contributed by atoms with van der Waals surface area (Å²) in [5.74, 6) is -0.422. The van der Waals surface area contributed by atoms with E-state index in [1.165, 1.54) is 0 Å². The Hall–Kier alpha value is -2.10. The molecule has 0 fully saturated rings. The van der Waals surface area contributed by atoms with Crippen LogP contribution in [0.4, 0.5) is 0 Å². The maximum Gasteiger partial charge on any atom is 0.249 e. The summed E-state index contributed by atoms with van der Waals surface area (Å²) >= 11 is 0. The molecule has 0 spiro atoms. The van der Waals surface area contributed by atoms with Crippen LogP contribution in [-0.4, -0.2) is 15.7 Å². The van der Waals surface area contributed by atoms with Crippen LogP contribution in [0.15, 0.2) is 36.7 Å². The van der Waals surface area contributed by atoms with Crippen LogP contribution in [-0.2, 0) is 7.05 Å². The number of aryl methyl sites for hydroxylation is 1. The average Bonchev–Trinajstić information content (AvgIpc) is 2.65. The largest absolute Gasteiger partial charge is 0.366 e. The van der Waals surface area contributed by atoms with Crippen molar-refractivity contribution in [3.63, 3.8) is 0 Å². The Morgan fingerprint density at radius 3 is 2.73 bits per heavy atom. The maximum absolute atomic E-state index is 11.2. The number of carbonyl (C=O) groups is 1. The van der Waals surface area contributed by atoms with E-state index in [-0.39, 0.29) is 0 Å². The minimum atomic E-state index is -0.422. The SMILES string of the molecule is Cn1cc(-c2ccccc2C(N)=O)cn1. The molecular weight excluding hydrogens is 190 g/mol. The van der Waals surface area contributed by atoms with Gasteiger partial charge >= 0.3 is 0 Å². The molecule has 1 amide bonds. The molecule has 0 atom stereocenters. The first-order chi connectivity index (χ1) is 7.18. The molecule has 1 aromatic carbocycles. The van der Waals surface area contributed by atoms with Gasteiger partial charge in [-0.25, -0.2) is 0 Å². The van der Waals surface area contributed by atoms with E-state index in [4.69, 9.17) is 5.73 Å². The van der Waals surface area contributed by atoms with Gasteiger partial charge in [0.05, 0.1) is 6.20 Å². The predicted octanol–water partition coefficient (Wildman–Crippen LogP) is 1.19. The smallest absolute Gasteiger partial charge is 0.249 e. The molecule has 2 rings (SSSR count). The summed E-state index contributed by atoms with van der Waals surface area (Å²) < 4.78 is 1.69. The van der Waals surface area contributed by atoms with Gasteiger partial charge in [-0.05, 0) is 11.6 Å². The van der Waals surface area contributed by atoms with Gasteiger partial charge in [-0.3, -0.25) is 9.48 Å². The van der Waals surface area contributed by atoms with Crippen LogP contribution in [0.25, 0.3) is 11.1 Å². The lowest BCUT2D eigenvalue weighted by atomic mass is 10.0. The molecule has 0 unspecified atom stereocenters. The topological polar surface area (TPSA) is 60.9 Å². The minimum absolute atomic E-state index is 0.422. The molecule has 0 saturated carbocycles. The summed E-state index contributed by atoms with van der Waals surface area (Å²) in [5.41, 5.74) is 7.52. The minimum Gasteiger partial charge on any atom is -0.366 e. The van der Waals surface area contributed by atoms with Crippen LogP contribution in [0.2, 0.25) is 0 Å². The van der Waals surface area contributed by atoms with Gasteiger partial charge in [0.1, 0.15) is 0 Å². The number of hydrogen-bond acceptors (Lipinski definition) is 2. The summed E-state index contributed by atoms with van der Waals surface area (Å²) in [6.45, 7) is 0. The third kappa shape index (κ3) is 1.74. The second-order valence-corrected chi connectivity index (χ2v) is 3.31. The number of aromatic nitrogens is 2. The third-order valence-corrected chi connectivity index (χ3v) is 2.21. The molecule has 15 heavy (non-hydrogen) atoms. The molecule has 0 aliphatic carbocycles. The van der Waals surface area contributed by atoms with Crippen LogP contribution < -0.4 is 5.73 Å². The van der Waals surface area contributed by atoms with Crippen molar-refractivity contribution in [3.8, 4) is 11.1 Å². The van der Waals surface area contributed by atoms with Gasteiger partial charge in [-0.15, -0.1) is 0 Å². The van der Waals surface area contributed by atoms with Gasteiger partial charge in [0, 0.05) is 24.4 Å². The van der Waals surface area contributed by atoms with Crippen molar-refractivity contribution < 1.29 is 4.79 Å². The summed E-state index contributed by atoms with van der Waals surface area (Å²) in [6.07, 6.45) is 3.56. The van der Waals surface area contributed by atoms with E-state index in [0.717, 1.165) is 11.1 Å². The summed E-state index contributed by atoms with van der Waals surface area (Å²) in [6, 6.07) is 7.23. The van der Waals surface area contributed by atoms with Gasteiger partial charge in [0.25, 0.3) is 0 Å². The van der Waals surface area contributed by atoms with E-state index in [1.807, 2.05) is 25.4 Å². The highest BCUT2D eigenvalue weighted by Gasteiger charge is 2.09. The fourth-order valence-corrected chi connectivity index (χ4v) is 1.51. The van der Waals surface area contributed by atoms with E-state index in [1.54, 1.807) is 23.0 Å². The molecule has 0 aliphatic rings. The van der Waals surface area contributed by atoms with Gasteiger partial charge in [0.15, 0.2) is 0 Å². The quantitative estimate of drug-likeness (QED) is 0.793. The van der Waals surface area contributed by atoms with Crippen molar-refractivity contribution in [2.75, 3.05) is 0 Å². The molecule has 1 heterocycles. The van der Waals surface area contributed by atoms with E-state index < -0.39 is 5.91 Å². The molecule has 4 heteroatoms. The first-order valence-corrected chi connectivity index (χ1v) is 4.56. The Balaban J connectivity index is 2.57. The van der Waals surface area contributed by atoms with Crippen molar-refractivity contribution in [3.05, 3.63) is 42.2 Å². The average molecular weight is 201 g/mol. The zero-order valence-electron chi connectivity index (χ0n) is 8.34. The molecule has 0 aliphatic heterocycles. The molecule has 2 N–H and O–H groups in total. The number of hydrogen-bond donors (Lipinski definition) is 1. The number of nitrogens with two attached hydrogens (primary N) is 1. The van der Waals surface area contributed by atoms with Crippen molar-refractivity contribution in [2.24, 2.45) is 12.8 Å². The fourth-order valence-electron chi connectivity index (χ4n) is 1.51. The highest BCUT2D eigenvalue weighted by molar-refractivity contribution is 5.99. The lowest BCUT2D eigenvalue weighted by Gasteiger charge is -2.02. The number of carbonyl (C=O) groups excluding carboxylic acids is 1. The summed E-state index contributed by atoms with van der Waals surface area (Å²) in [5, 5.41) is 4.06. The second kappa shape index (κ2) is 3.57. The number of benzene rings is 1. The van der Waals surface area contributed by atoms with Crippen molar-refractivity contribution in [1.82, 2.24) is 9.78 Å². The Morgan fingerprint density at radius 2 is 2.13 bits per heavy atom. The van der Waals surface area contributed by atoms with Crippen LogP contribution in [0, 0.1) is 0 Å². The Labute approximate surface area is 87.3 Å². The molecule has 0 bridgehead atoms. The van der Waals surface area contributed by atoms with E-state index in [2.05, 4.69) is 5.10 Å². The lowest BCUT2D eigenvalue weighted by molar-refractivity contribution is 0.100. The van der Waals surface area contributed by atoms with Gasteiger partial charge in [-0.1, -0.05) is 18.2 Å². The van der Waals surface area contributed by atoms with Crippen LogP contribution in [0.3, 0.4) is 0 Å². The van der Waals surface area contributed by atoms with E-state index in [9.17, 15) is 4.79 Å². The molecule has 2 aromatic rings. The highest BCUT2D eigenvalue weighted by Crippen LogP contribution is 2.22. The van der Waals surface area contributed by atoms with Crippen molar-refractivity contribution >= 4 is 5.91 Å². The van der Waals surface area contributed by atoms with Gasteiger partial charge in [-0.2, -0.15) is 5.10 Å². The molecule has 4 nitrogen and oxygen atoms in total. The highest BCUT2D eigenvalue weighted by atomic mass is 16.1. The van der Waals surface area contributed by atoms with Gasteiger partial charge in [0.2, 0.25) is 5.91 Å². The molecule has 1 aromatic heterocycles. The molecule has 0 saturated heterocycles. The van der Waals surface area contributed by atoms with E-state index >= 15 is 0 Å². The normalized spacial score (nSPS) is 10.2. The maximum atomic E-state index is 11.2. The van der Waals surface area contributed by atoms with Crippen LogP contribution in [0.5, 0.6) is 0 Å². The zero-order chi connectivity index (χ0) is 10.8. The fraction of sp³-hybridized carbons (Fsp3) is 0.0909. The van der Waals surface area contributed by atoms with Crippen molar-refractivity contribution in [2.45, 2.75) is 0 Å². The first-order valence-electron chi connectivity index (χ1n) is 4.56. The Kier molecular flexibility index (Phi) is 2.25.